The van der Waals surface area contributed by atoms with E-state index in [9.17, 15) is 0 Å². The van der Waals surface area contributed by atoms with E-state index in [4.69, 9.17) is 0 Å². The highest BCUT2D eigenvalue weighted by molar-refractivity contribution is 4.70. The fourth-order valence-corrected chi connectivity index (χ4v) is 2.57. The van der Waals surface area contributed by atoms with Crippen molar-refractivity contribution >= 4 is 0 Å². The lowest BCUT2D eigenvalue weighted by Gasteiger charge is -2.26. The maximum atomic E-state index is 3.57. The average molecular weight is 226 g/mol. The molecular formula is C14H30N2. The minimum absolute atomic E-state index is 0.990. The first-order chi connectivity index (χ1) is 7.68. The summed E-state index contributed by atoms with van der Waals surface area (Å²) in [5.74, 6) is 2.00. The lowest BCUT2D eigenvalue weighted by atomic mass is 9.81. The molecule has 0 amide bonds. The molecule has 1 fully saturated rings. The number of nitrogens with one attached hydrogen (secondary N) is 1. The van der Waals surface area contributed by atoms with E-state index in [0.717, 1.165) is 11.8 Å². The van der Waals surface area contributed by atoms with Crippen molar-refractivity contribution in [2.24, 2.45) is 11.8 Å². The van der Waals surface area contributed by atoms with Crippen molar-refractivity contribution in [2.75, 3.05) is 33.7 Å². The molecule has 0 aliphatic heterocycles. The maximum absolute atomic E-state index is 3.57. The minimum Gasteiger partial charge on any atom is -0.317 e. The van der Waals surface area contributed by atoms with Crippen LogP contribution in [0.15, 0.2) is 0 Å². The van der Waals surface area contributed by atoms with E-state index in [2.05, 4.69) is 31.2 Å². The Balaban J connectivity index is 1.87. The maximum Gasteiger partial charge on any atom is -0.00127 e. The first kappa shape index (κ1) is 14.0. The Morgan fingerprint density at radius 3 is 2.38 bits per heavy atom. The second-order valence-corrected chi connectivity index (χ2v) is 5.82. The molecule has 0 radical (unpaired) electrons. The molecule has 1 saturated carbocycles. The average Bonchev–Trinajstić information content (AvgIpc) is 2.25. The van der Waals surface area contributed by atoms with Crippen LogP contribution in [0.3, 0.4) is 0 Å². The molecule has 1 rings (SSSR count). The highest BCUT2D eigenvalue weighted by Gasteiger charge is 2.17. The first-order valence-electron chi connectivity index (χ1n) is 7.04. The van der Waals surface area contributed by atoms with Gasteiger partial charge in [0.05, 0.1) is 0 Å². The summed E-state index contributed by atoms with van der Waals surface area (Å²) in [4.78, 5) is 2.25. The van der Waals surface area contributed by atoms with E-state index >= 15 is 0 Å². The molecule has 0 aromatic carbocycles. The quantitative estimate of drug-likeness (QED) is 0.672. The molecule has 2 nitrogen and oxygen atoms in total. The van der Waals surface area contributed by atoms with Gasteiger partial charge < -0.3 is 10.2 Å². The van der Waals surface area contributed by atoms with Crippen molar-refractivity contribution in [3.63, 3.8) is 0 Å². The van der Waals surface area contributed by atoms with Gasteiger partial charge >= 0.3 is 0 Å². The summed E-state index contributed by atoms with van der Waals surface area (Å²) >= 11 is 0. The third-order valence-corrected chi connectivity index (χ3v) is 3.82. The summed E-state index contributed by atoms with van der Waals surface area (Å²) in [6.07, 6.45) is 8.54. The molecular weight excluding hydrogens is 196 g/mol. The molecule has 0 saturated heterocycles. The zero-order chi connectivity index (χ0) is 11.8. The van der Waals surface area contributed by atoms with Gasteiger partial charge in [0.1, 0.15) is 0 Å². The Labute approximate surface area is 102 Å². The van der Waals surface area contributed by atoms with Crippen LogP contribution < -0.4 is 5.32 Å². The third kappa shape index (κ3) is 6.49. The van der Waals surface area contributed by atoms with E-state index < -0.39 is 0 Å². The van der Waals surface area contributed by atoms with Gasteiger partial charge in [-0.1, -0.05) is 32.6 Å². The van der Waals surface area contributed by atoms with E-state index in [1.165, 1.54) is 58.2 Å². The first-order valence-corrected chi connectivity index (χ1v) is 7.04. The van der Waals surface area contributed by atoms with Gasteiger partial charge in [-0.05, 0) is 58.4 Å². The van der Waals surface area contributed by atoms with Crippen LogP contribution in [0.5, 0.6) is 0 Å². The number of hydrogen-bond donors (Lipinski definition) is 1. The SMILES string of the molecule is CC1CCC(CCNCCCN(C)C)CC1. The molecule has 2 heteroatoms. The molecule has 0 spiro atoms. The standard InChI is InChI=1S/C14H30N2/c1-13-5-7-14(8-6-13)9-11-15-10-4-12-16(2)3/h13-15H,4-12H2,1-3H3. The van der Waals surface area contributed by atoms with Gasteiger partial charge in [-0.3, -0.25) is 0 Å². The molecule has 96 valence electrons. The zero-order valence-corrected chi connectivity index (χ0v) is 11.5. The van der Waals surface area contributed by atoms with Crippen LogP contribution >= 0.6 is 0 Å². The third-order valence-electron chi connectivity index (χ3n) is 3.82. The van der Waals surface area contributed by atoms with Crippen molar-refractivity contribution in [3.05, 3.63) is 0 Å². The van der Waals surface area contributed by atoms with E-state index in [1.54, 1.807) is 0 Å². The van der Waals surface area contributed by atoms with Crippen LogP contribution in [0, 0.1) is 11.8 Å². The molecule has 0 bridgehead atoms. The van der Waals surface area contributed by atoms with Crippen LogP contribution in [0.2, 0.25) is 0 Å². The fraction of sp³-hybridized carbons (Fsp3) is 1.00. The van der Waals surface area contributed by atoms with Crippen LogP contribution in [0.4, 0.5) is 0 Å². The molecule has 0 aromatic heterocycles. The van der Waals surface area contributed by atoms with E-state index in [1.807, 2.05) is 0 Å². The smallest absolute Gasteiger partial charge is 0.00127 e. The van der Waals surface area contributed by atoms with Gasteiger partial charge in [-0.25, -0.2) is 0 Å². The van der Waals surface area contributed by atoms with Gasteiger partial charge in [-0.15, -0.1) is 0 Å². The normalized spacial score (nSPS) is 26.2. The monoisotopic (exact) mass is 226 g/mol. The summed E-state index contributed by atoms with van der Waals surface area (Å²) in [7, 11) is 4.28. The summed E-state index contributed by atoms with van der Waals surface area (Å²) in [5.41, 5.74) is 0. The van der Waals surface area contributed by atoms with Gasteiger partial charge in [-0.2, -0.15) is 0 Å². The van der Waals surface area contributed by atoms with Crippen LogP contribution in [-0.2, 0) is 0 Å². The summed E-state index contributed by atoms with van der Waals surface area (Å²) in [6.45, 7) is 6.01. The highest BCUT2D eigenvalue weighted by Crippen LogP contribution is 2.29. The Kier molecular flexibility index (Phi) is 7.06. The predicted octanol–water partition coefficient (Wildman–Crippen LogP) is 2.74. The van der Waals surface area contributed by atoms with Crippen molar-refractivity contribution in [2.45, 2.75) is 45.4 Å². The largest absolute Gasteiger partial charge is 0.317 e. The zero-order valence-electron chi connectivity index (χ0n) is 11.5. The Morgan fingerprint density at radius 2 is 1.75 bits per heavy atom. The molecule has 0 atom stereocenters. The molecule has 1 aliphatic rings. The summed E-state index contributed by atoms with van der Waals surface area (Å²) < 4.78 is 0. The molecule has 0 unspecified atom stereocenters. The van der Waals surface area contributed by atoms with Crippen molar-refractivity contribution in [3.8, 4) is 0 Å². The second kappa shape index (κ2) is 8.08. The fourth-order valence-electron chi connectivity index (χ4n) is 2.57. The molecule has 0 heterocycles. The van der Waals surface area contributed by atoms with Crippen LogP contribution in [0.1, 0.15) is 45.4 Å². The summed E-state index contributed by atoms with van der Waals surface area (Å²) in [6, 6.07) is 0. The minimum atomic E-state index is 0.990. The number of rotatable bonds is 7. The predicted molar refractivity (Wildman–Crippen MR) is 71.8 cm³/mol. The topological polar surface area (TPSA) is 15.3 Å². The van der Waals surface area contributed by atoms with Gasteiger partial charge in [0.2, 0.25) is 0 Å². The Morgan fingerprint density at radius 1 is 1.06 bits per heavy atom. The molecule has 0 aromatic rings. The molecule has 16 heavy (non-hydrogen) atoms. The Bertz CT molecular complexity index is 160. The number of nitrogens with zero attached hydrogens (tertiary/aromatic N) is 1. The number of hydrogen-bond acceptors (Lipinski definition) is 2. The van der Waals surface area contributed by atoms with E-state index in [-0.39, 0.29) is 0 Å². The van der Waals surface area contributed by atoms with Crippen molar-refractivity contribution in [1.29, 1.82) is 0 Å². The van der Waals surface area contributed by atoms with E-state index in [0.29, 0.717) is 0 Å². The lowest BCUT2D eigenvalue weighted by Crippen LogP contribution is -2.24. The van der Waals surface area contributed by atoms with Gasteiger partial charge in [0.25, 0.3) is 0 Å². The lowest BCUT2D eigenvalue weighted by molar-refractivity contribution is 0.275. The molecule has 1 aliphatic carbocycles. The van der Waals surface area contributed by atoms with Gasteiger partial charge in [0.15, 0.2) is 0 Å². The highest BCUT2D eigenvalue weighted by atomic mass is 15.0. The summed E-state index contributed by atoms with van der Waals surface area (Å²) in [5, 5.41) is 3.57. The Hall–Kier alpha value is -0.0800. The second-order valence-electron chi connectivity index (χ2n) is 5.82. The van der Waals surface area contributed by atoms with Crippen LogP contribution in [0.25, 0.3) is 0 Å². The van der Waals surface area contributed by atoms with Gasteiger partial charge in [0, 0.05) is 0 Å². The van der Waals surface area contributed by atoms with Crippen molar-refractivity contribution in [1.82, 2.24) is 10.2 Å². The molecule has 1 N–H and O–H groups in total. The van der Waals surface area contributed by atoms with Crippen molar-refractivity contribution < 1.29 is 0 Å². The van der Waals surface area contributed by atoms with Crippen LogP contribution in [-0.4, -0.2) is 38.6 Å².